The zero-order chi connectivity index (χ0) is 16.6. The molecule has 0 spiro atoms. The summed E-state index contributed by atoms with van der Waals surface area (Å²) in [6.45, 7) is 3.75. The van der Waals surface area contributed by atoms with Crippen LogP contribution in [0.3, 0.4) is 0 Å². The summed E-state index contributed by atoms with van der Waals surface area (Å²) < 4.78 is 25.9. The lowest BCUT2D eigenvalue weighted by atomic mass is 10.2. The monoisotopic (exact) mass is 323 g/mol. The van der Waals surface area contributed by atoms with Crippen molar-refractivity contribution >= 4 is 21.6 Å². The van der Waals surface area contributed by atoms with E-state index in [1.54, 1.807) is 24.3 Å². The largest absolute Gasteiger partial charge is 0.311 e. The third-order valence-electron chi connectivity index (χ3n) is 3.11. The molecule has 0 aliphatic rings. The molecule has 0 unspecified atom stereocenters. The van der Waals surface area contributed by atoms with E-state index in [1.165, 1.54) is 11.8 Å². The molecule has 7 heteroatoms. The molecule has 0 aliphatic heterocycles. The topological polar surface area (TPSA) is 90.3 Å². The second-order valence-electron chi connectivity index (χ2n) is 4.90. The van der Waals surface area contributed by atoms with E-state index in [9.17, 15) is 13.2 Å². The van der Waals surface area contributed by atoms with Gasteiger partial charge in [0.15, 0.2) is 0 Å². The maximum atomic E-state index is 11.7. The number of benzene rings is 1. The Balaban J connectivity index is 2.66. The minimum atomic E-state index is -3.29. The van der Waals surface area contributed by atoms with E-state index in [4.69, 9.17) is 5.26 Å². The van der Waals surface area contributed by atoms with Crippen molar-refractivity contribution in [3.05, 3.63) is 29.8 Å². The summed E-state index contributed by atoms with van der Waals surface area (Å²) in [5, 5.41) is 8.77. The molecule has 1 N–H and O–H groups in total. The van der Waals surface area contributed by atoms with Crippen LogP contribution in [0.15, 0.2) is 24.3 Å². The van der Waals surface area contributed by atoms with E-state index in [2.05, 4.69) is 4.72 Å². The van der Waals surface area contributed by atoms with Crippen molar-refractivity contribution in [2.24, 2.45) is 0 Å². The van der Waals surface area contributed by atoms with Crippen LogP contribution >= 0.6 is 0 Å². The molecule has 0 aromatic heterocycles. The molecule has 6 nitrogen and oxygen atoms in total. The first-order valence-electron chi connectivity index (χ1n) is 7.15. The van der Waals surface area contributed by atoms with Gasteiger partial charge in [0.05, 0.1) is 17.4 Å². The molecule has 1 rings (SSSR count). The molecule has 22 heavy (non-hydrogen) atoms. The molecular weight excluding hydrogens is 302 g/mol. The van der Waals surface area contributed by atoms with Crippen LogP contribution < -0.4 is 9.62 Å². The minimum absolute atomic E-state index is 0.0977. The quantitative estimate of drug-likeness (QED) is 0.787. The summed E-state index contributed by atoms with van der Waals surface area (Å²) in [5.74, 6) is -0.0852. The van der Waals surface area contributed by atoms with Gasteiger partial charge in [-0.2, -0.15) is 5.26 Å². The van der Waals surface area contributed by atoms with Gasteiger partial charge in [-0.15, -0.1) is 0 Å². The van der Waals surface area contributed by atoms with Gasteiger partial charge in [0.1, 0.15) is 0 Å². The van der Waals surface area contributed by atoms with Crippen molar-refractivity contribution in [1.82, 2.24) is 4.72 Å². The lowest BCUT2D eigenvalue weighted by Crippen LogP contribution is -2.38. The minimum Gasteiger partial charge on any atom is -0.311 e. The standard InChI is InChI=1S/C15H21N3O3S/c1-3-4-11-22(20,21)17-9-10-18(13(2)19)15-7-5-14(12-16)6-8-15/h5-8,17H,3-4,9-11H2,1-2H3. The van der Waals surface area contributed by atoms with Crippen LogP contribution in [0.2, 0.25) is 0 Å². The smallest absolute Gasteiger partial charge is 0.223 e. The molecule has 0 saturated heterocycles. The first-order valence-corrected chi connectivity index (χ1v) is 8.80. The van der Waals surface area contributed by atoms with Crippen LogP contribution in [0.25, 0.3) is 0 Å². The number of nitriles is 1. The average molecular weight is 323 g/mol. The van der Waals surface area contributed by atoms with E-state index < -0.39 is 10.0 Å². The first kappa shape index (κ1) is 18.1. The van der Waals surface area contributed by atoms with Crippen LogP contribution in [0.1, 0.15) is 32.3 Å². The van der Waals surface area contributed by atoms with Crippen molar-refractivity contribution < 1.29 is 13.2 Å². The third kappa shape index (κ3) is 5.84. The summed E-state index contributed by atoms with van der Waals surface area (Å²) in [6, 6.07) is 8.60. The number of hydrogen-bond acceptors (Lipinski definition) is 4. The van der Waals surface area contributed by atoms with Gasteiger partial charge >= 0.3 is 0 Å². The number of nitrogens with one attached hydrogen (secondary N) is 1. The first-order chi connectivity index (χ1) is 10.4. The molecule has 0 aliphatic carbocycles. The fourth-order valence-electron chi connectivity index (χ4n) is 1.90. The molecule has 0 saturated carbocycles. The van der Waals surface area contributed by atoms with Crippen molar-refractivity contribution in [1.29, 1.82) is 5.26 Å². The Kier molecular flexibility index (Phi) is 7.02. The maximum absolute atomic E-state index is 11.7. The van der Waals surface area contributed by atoms with Crippen molar-refractivity contribution in [2.45, 2.75) is 26.7 Å². The predicted molar refractivity (Wildman–Crippen MR) is 85.9 cm³/mol. The highest BCUT2D eigenvalue weighted by atomic mass is 32.2. The number of nitrogens with zero attached hydrogens (tertiary/aromatic N) is 2. The number of anilines is 1. The second kappa shape index (κ2) is 8.51. The lowest BCUT2D eigenvalue weighted by Gasteiger charge is -2.21. The van der Waals surface area contributed by atoms with E-state index in [-0.39, 0.29) is 24.7 Å². The number of rotatable bonds is 8. The summed E-state index contributed by atoms with van der Waals surface area (Å²) in [6.07, 6.45) is 1.42. The van der Waals surface area contributed by atoms with Gasteiger partial charge in [-0.05, 0) is 30.7 Å². The Labute approximate surface area is 131 Å². The molecule has 0 heterocycles. The Morgan fingerprint density at radius 1 is 1.32 bits per heavy atom. The van der Waals surface area contributed by atoms with Crippen LogP contribution in [0, 0.1) is 11.3 Å². The maximum Gasteiger partial charge on any atom is 0.223 e. The van der Waals surface area contributed by atoms with Gasteiger partial charge < -0.3 is 4.90 Å². The van der Waals surface area contributed by atoms with Gasteiger partial charge in [0.25, 0.3) is 0 Å². The Bertz CT molecular complexity index is 633. The van der Waals surface area contributed by atoms with Crippen molar-refractivity contribution in [3.8, 4) is 6.07 Å². The zero-order valence-electron chi connectivity index (χ0n) is 12.9. The normalized spacial score (nSPS) is 11.0. The van der Waals surface area contributed by atoms with E-state index in [1.807, 2.05) is 13.0 Å². The van der Waals surface area contributed by atoms with Crippen LogP contribution in [0.4, 0.5) is 5.69 Å². The Hall–Kier alpha value is -1.91. The number of carbonyl (C=O) groups is 1. The van der Waals surface area contributed by atoms with Crippen LogP contribution in [0.5, 0.6) is 0 Å². The van der Waals surface area contributed by atoms with Gasteiger partial charge in [-0.25, -0.2) is 13.1 Å². The number of carbonyl (C=O) groups excluding carboxylic acids is 1. The third-order valence-corrected chi connectivity index (χ3v) is 4.58. The van der Waals surface area contributed by atoms with Crippen molar-refractivity contribution in [3.63, 3.8) is 0 Å². The highest BCUT2D eigenvalue weighted by Gasteiger charge is 2.14. The van der Waals surface area contributed by atoms with Crippen LogP contribution in [-0.4, -0.2) is 33.2 Å². The molecule has 1 aromatic rings. The average Bonchev–Trinajstić information content (AvgIpc) is 2.49. The highest BCUT2D eigenvalue weighted by Crippen LogP contribution is 2.15. The second-order valence-corrected chi connectivity index (χ2v) is 6.82. The van der Waals surface area contributed by atoms with E-state index in [0.717, 1.165) is 6.42 Å². The molecule has 1 amide bonds. The molecule has 1 aromatic carbocycles. The Morgan fingerprint density at radius 3 is 2.45 bits per heavy atom. The summed E-state index contributed by atoms with van der Waals surface area (Å²) in [7, 11) is -3.29. The fourth-order valence-corrected chi connectivity index (χ4v) is 3.12. The Morgan fingerprint density at radius 2 is 1.95 bits per heavy atom. The highest BCUT2D eigenvalue weighted by molar-refractivity contribution is 7.89. The van der Waals surface area contributed by atoms with Gasteiger partial charge in [-0.3, -0.25) is 4.79 Å². The number of sulfonamides is 1. The molecule has 0 atom stereocenters. The van der Waals surface area contributed by atoms with Gasteiger partial charge in [0, 0.05) is 25.7 Å². The summed E-state index contributed by atoms with van der Waals surface area (Å²) in [5.41, 5.74) is 1.15. The zero-order valence-corrected chi connectivity index (χ0v) is 13.7. The fraction of sp³-hybridized carbons (Fsp3) is 0.467. The molecule has 120 valence electrons. The molecule has 0 fully saturated rings. The van der Waals surface area contributed by atoms with E-state index in [0.29, 0.717) is 17.7 Å². The van der Waals surface area contributed by atoms with Crippen LogP contribution in [-0.2, 0) is 14.8 Å². The number of unbranched alkanes of at least 4 members (excludes halogenated alkanes) is 1. The number of amides is 1. The van der Waals surface area contributed by atoms with Crippen molar-refractivity contribution in [2.75, 3.05) is 23.7 Å². The molecule has 0 bridgehead atoms. The number of hydrogen-bond donors (Lipinski definition) is 1. The molecule has 0 radical (unpaired) electrons. The lowest BCUT2D eigenvalue weighted by molar-refractivity contribution is -0.116. The predicted octanol–water partition coefficient (Wildman–Crippen LogP) is 1.63. The van der Waals surface area contributed by atoms with Gasteiger partial charge in [0.2, 0.25) is 15.9 Å². The summed E-state index contributed by atoms with van der Waals surface area (Å²) >= 11 is 0. The van der Waals surface area contributed by atoms with Gasteiger partial charge in [-0.1, -0.05) is 13.3 Å². The SMILES string of the molecule is CCCCS(=O)(=O)NCCN(C(C)=O)c1ccc(C#N)cc1. The summed E-state index contributed by atoms with van der Waals surface area (Å²) in [4.78, 5) is 13.2. The van der Waals surface area contributed by atoms with E-state index >= 15 is 0 Å². The molecular formula is C15H21N3O3S.